The monoisotopic (exact) mass is 358 g/mol. The van der Waals surface area contributed by atoms with Crippen LogP contribution in [0.4, 0.5) is 5.69 Å². The van der Waals surface area contributed by atoms with Crippen molar-refractivity contribution >= 4 is 29.3 Å². The molecule has 0 spiro atoms. The molecule has 1 aromatic heterocycles. The van der Waals surface area contributed by atoms with Gasteiger partial charge < -0.3 is 19.8 Å². The molecule has 0 saturated heterocycles. The van der Waals surface area contributed by atoms with Gasteiger partial charge in [-0.15, -0.1) is 0 Å². The van der Waals surface area contributed by atoms with Gasteiger partial charge in [0.2, 0.25) is 0 Å². The van der Waals surface area contributed by atoms with Gasteiger partial charge >= 0.3 is 5.97 Å². The Morgan fingerprint density at radius 1 is 1.12 bits per heavy atom. The van der Waals surface area contributed by atoms with Crippen molar-refractivity contribution in [2.24, 2.45) is 0 Å². The van der Waals surface area contributed by atoms with E-state index in [0.29, 0.717) is 11.3 Å². The predicted molar refractivity (Wildman–Crippen MR) is 91.7 cm³/mol. The highest BCUT2D eigenvalue weighted by Gasteiger charge is 2.20. The Balaban J connectivity index is 1.86. The maximum absolute atomic E-state index is 12.1. The Hall–Kier alpha value is -3.42. The number of amides is 2. The summed E-state index contributed by atoms with van der Waals surface area (Å²) in [6.45, 7) is 2.36. The molecule has 26 heavy (non-hydrogen) atoms. The highest BCUT2D eigenvalue weighted by molar-refractivity contribution is 6.04. The van der Waals surface area contributed by atoms with Crippen molar-refractivity contribution in [3.63, 3.8) is 0 Å². The molecule has 0 aliphatic heterocycles. The topological polar surface area (TPSA) is 115 Å². The summed E-state index contributed by atoms with van der Waals surface area (Å²) < 4.78 is 9.86. The van der Waals surface area contributed by atoms with Gasteiger partial charge in [0.05, 0.1) is 12.0 Å². The summed E-state index contributed by atoms with van der Waals surface area (Å²) in [6, 6.07) is 9.49. The summed E-state index contributed by atoms with van der Waals surface area (Å²) in [5, 5.41) is 4.86. The Bertz CT molecular complexity index is 813. The zero-order valence-electron chi connectivity index (χ0n) is 14.3. The van der Waals surface area contributed by atoms with E-state index in [1.54, 1.807) is 30.3 Å². The first kappa shape index (κ1) is 18.9. The Kier molecular flexibility index (Phi) is 6.26. The molecule has 1 aromatic carbocycles. The highest BCUT2D eigenvalue weighted by atomic mass is 16.5. The first-order valence-corrected chi connectivity index (χ1v) is 7.80. The minimum absolute atomic E-state index is 0.0597. The fourth-order valence-electron chi connectivity index (χ4n) is 2.07. The smallest absolute Gasteiger partial charge is 0.326 e. The molecule has 2 aromatic rings. The van der Waals surface area contributed by atoms with Crippen LogP contribution in [0, 0.1) is 0 Å². The van der Waals surface area contributed by atoms with E-state index in [0.717, 1.165) is 0 Å². The highest BCUT2D eigenvalue weighted by Crippen LogP contribution is 2.16. The van der Waals surface area contributed by atoms with Crippen LogP contribution in [0.1, 0.15) is 34.8 Å². The van der Waals surface area contributed by atoms with Gasteiger partial charge in [-0.2, -0.15) is 0 Å². The number of carbonyl (C=O) groups excluding carboxylic acids is 4. The number of hydrogen-bond donors (Lipinski definition) is 2. The van der Waals surface area contributed by atoms with Crippen LogP contribution >= 0.6 is 0 Å². The van der Waals surface area contributed by atoms with Gasteiger partial charge in [0.1, 0.15) is 6.54 Å². The fourth-order valence-corrected chi connectivity index (χ4v) is 2.07. The Labute approximate surface area is 149 Å². The van der Waals surface area contributed by atoms with E-state index in [2.05, 4.69) is 10.6 Å². The minimum atomic E-state index is -1.11. The SMILES string of the molecule is CC(=O)c1ccccc1NC(=O)C(C)OC(=O)CNC(=O)c1ccco1. The van der Waals surface area contributed by atoms with Gasteiger partial charge in [0.25, 0.3) is 11.8 Å². The zero-order valence-corrected chi connectivity index (χ0v) is 14.3. The van der Waals surface area contributed by atoms with E-state index >= 15 is 0 Å². The van der Waals surface area contributed by atoms with Gasteiger partial charge in [0, 0.05) is 5.56 Å². The van der Waals surface area contributed by atoms with Crippen molar-refractivity contribution in [1.82, 2.24) is 5.32 Å². The summed E-state index contributed by atoms with van der Waals surface area (Å²) in [5.74, 6) is -2.09. The fraction of sp³-hybridized carbons (Fsp3) is 0.222. The lowest BCUT2D eigenvalue weighted by Gasteiger charge is -2.15. The summed E-state index contributed by atoms with van der Waals surface area (Å²) in [5.41, 5.74) is 0.684. The summed E-state index contributed by atoms with van der Waals surface area (Å²) in [4.78, 5) is 47.1. The van der Waals surface area contributed by atoms with Gasteiger partial charge in [-0.05, 0) is 38.1 Å². The van der Waals surface area contributed by atoms with E-state index in [4.69, 9.17) is 9.15 Å². The molecular weight excluding hydrogens is 340 g/mol. The van der Waals surface area contributed by atoms with Crippen molar-refractivity contribution in [3.05, 3.63) is 54.0 Å². The van der Waals surface area contributed by atoms with Gasteiger partial charge in [-0.1, -0.05) is 12.1 Å². The van der Waals surface area contributed by atoms with E-state index in [1.807, 2.05) is 0 Å². The molecule has 136 valence electrons. The third kappa shape index (κ3) is 5.04. The Morgan fingerprint density at radius 3 is 2.50 bits per heavy atom. The number of carbonyl (C=O) groups is 4. The standard InChI is InChI=1S/C18H18N2O6/c1-11(21)13-6-3-4-7-14(13)20-17(23)12(2)26-16(22)10-19-18(24)15-8-5-9-25-15/h3-9,12H,10H2,1-2H3,(H,19,24)(H,20,23). The van der Waals surface area contributed by atoms with Crippen LogP contribution in [0.25, 0.3) is 0 Å². The van der Waals surface area contributed by atoms with Crippen LogP contribution in [-0.2, 0) is 14.3 Å². The number of esters is 1. The molecule has 0 aliphatic carbocycles. The van der Waals surface area contributed by atoms with E-state index in [9.17, 15) is 19.2 Å². The number of furan rings is 1. The number of ether oxygens (including phenoxy) is 1. The number of hydrogen-bond acceptors (Lipinski definition) is 6. The largest absolute Gasteiger partial charge is 0.459 e. The molecule has 0 saturated carbocycles. The van der Waals surface area contributed by atoms with E-state index in [1.165, 1.54) is 26.2 Å². The van der Waals surface area contributed by atoms with Crippen molar-refractivity contribution in [2.45, 2.75) is 20.0 Å². The van der Waals surface area contributed by atoms with Gasteiger partial charge in [-0.3, -0.25) is 19.2 Å². The van der Waals surface area contributed by atoms with Crippen molar-refractivity contribution in [2.75, 3.05) is 11.9 Å². The van der Waals surface area contributed by atoms with Crippen LogP contribution in [0.5, 0.6) is 0 Å². The predicted octanol–water partition coefficient (Wildman–Crippen LogP) is 1.78. The average Bonchev–Trinajstić information content (AvgIpc) is 3.14. The quantitative estimate of drug-likeness (QED) is 0.576. The third-order valence-corrected chi connectivity index (χ3v) is 3.38. The number of anilines is 1. The second-order valence-corrected chi connectivity index (χ2v) is 5.38. The molecule has 1 atom stereocenters. The molecule has 0 fully saturated rings. The second kappa shape index (κ2) is 8.61. The molecule has 8 heteroatoms. The first-order chi connectivity index (χ1) is 12.4. The lowest BCUT2D eigenvalue weighted by atomic mass is 10.1. The van der Waals surface area contributed by atoms with E-state index in [-0.39, 0.29) is 11.5 Å². The molecule has 2 N–H and O–H groups in total. The molecule has 0 bridgehead atoms. The second-order valence-electron chi connectivity index (χ2n) is 5.38. The van der Waals surface area contributed by atoms with Crippen molar-refractivity contribution < 1.29 is 28.3 Å². The number of para-hydroxylation sites is 1. The maximum atomic E-state index is 12.1. The van der Waals surface area contributed by atoms with Gasteiger partial charge in [-0.25, -0.2) is 0 Å². The zero-order chi connectivity index (χ0) is 19.1. The van der Waals surface area contributed by atoms with Crippen molar-refractivity contribution in [3.8, 4) is 0 Å². The lowest BCUT2D eigenvalue weighted by molar-refractivity contribution is -0.152. The van der Waals surface area contributed by atoms with Crippen molar-refractivity contribution in [1.29, 1.82) is 0 Å². The molecule has 0 aliphatic rings. The third-order valence-electron chi connectivity index (χ3n) is 3.38. The lowest BCUT2D eigenvalue weighted by Crippen LogP contribution is -2.35. The normalized spacial score (nSPS) is 11.3. The van der Waals surface area contributed by atoms with Crippen LogP contribution in [0.15, 0.2) is 47.1 Å². The number of Topliss-reactive ketones (excluding diaryl/α,β-unsaturated/α-hetero) is 1. The average molecular weight is 358 g/mol. The van der Waals surface area contributed by atoms with E-state index < -0.39 is 30.4 Å². The van der Waals surface area contributed by atoms with Crippen LogP contribution in [0.2, 0.25) is 0 Å². The number of benzene rings is 1. The molecule has 8 nitrogen and oxygen atoms in total. The maximum Gasteiger partial charge on any atom is 0.326 e. The molecule has 1 heterocycles. The first-order valence-electron chi connectivity index (χ1n) is 7.80. The Morgan fingerprint density at radius 2 is 1.85 bits per heavy atom. The summed E-state index contributed by atoms with van der Waals surface area (Å²) in [7, 11) is 0. The molecule has 2 rings (SSSR count). The summed E-state index contributed by atoms with van der Waals surface area (Å²) in [6.07, 6.45) is 0.224. The molecule has 0 radical (unpaired) electrons. The number of rotatable bonds is 7. The van der Waals surface area contributed by atoms with Crippen LogP contribution in [-0.4, -0.2) is 36.2 Å². The van der Waals surface area contributed by atoms with Gasteiger partial charge in [0.15, 0.2) is 17.6 Å². The molecule has 2 amide bonds. The minimum Gasteiger partial charge on any atom is -0.459 e. The number of ketones is 1. The molecular formula is C18H18N2O6. The molecule has 1 unspecified atom stereocenters. The number of nitrogens with one attached hydrogen (secondary N) is 2. The summed E-state index contributed by atoms with van der Waals surface area (Å²) >= 11 is 0. The van der Waals surface area contributed by atoms with Crippen LogP contribution < -0.4 is 10.6 Å². The van der Waals surface area contributed by atoms with Crippen LogP contribution in [0.3, 0.4) is 0 Å².